The Morgan fingerprint density at radius 2 is 2.12 bits per heavy atom. The number of likely N-dealkylation sites (tertiary alicyclic amines) is 1. The SMILES string of the molecule is COc1ccc(Cl)cc1N=C(N)N1CCCC1. The van der Waals surface area contributed by atoms with Gasteiger partial charge >= 0.3 is 0 Å². The molecule has 0 amide bonds. The van der Waals surface area contributed by atoms with E-state index in [9.17, 15) is 0 Å². The van der Waals surface area contributed by atoms with E-state index in [1.165, 1.54) is 12.8 Å². The van der Waals surface area contributed by atoms with E-state index in [2.05, 4.69) is 9.89 Å². The van der Waals surface area contributed by atoms with Gasteiger partial charge in [0.25, 0.3) is 0 Å². The summed E-state index contributed by atoms with van der Waals surface area (Å²) in [5.74, 6) is 1.21. The first-order chi connectivity index (χ1) is 8.20. The van der Waals surface area contributed by atoms with Crippen molar-refractivity contribution >= 4 is 23.2 Å². The van der Waals surface area contributed by atoms with Crippen LogP contribution in [0.4, 0.5) is 5.69 Å². The molecule has 5 heteroatoms. The topological polar surface area (TPSA) is 50.9 Å². The van der Waals surface area contributed by atoms with E-state index in [0.717, 1.165) is 13.1 Å². The van der Waals surface area contributed by atoms with Gasteiger partial charge in [0.05, 0.1) is 7.11 Å². The molecule has 0 atom stereocenters. The van der Waals surface area contributed by atoms with Crippen LogP contribution in [0.2, 0.25) is 5.02 Å². The number of rotatable bonds is 2. The van der Waals surface area contributed by atoms with Crippen molar-refractivity contribution in [3.63, 3.8) is 0 Å². The van der Waals surface area contributed by atoms with Gasteiger partial charge in [0.1, 0.15) is 11.4 Å². The fraction of sp³-hybridized carbons (Fsp3) is 0.417. The van der Waals surface area contributed by atoms with E-state index >= 15 is 0 Å². The monoisotopic (exact) mass is 253 g/mol. The van der Waals surface area contributed by atoms with Crippen LogP contribution in [0.15, 0.2) is 23.2 Å². The first kappa shape index (κ1) is 12.0. The summed E-state index contributed by atoms with van der Waals surface area (Å²) in [4.78, 5) is 6.45. The molecule has 1 fully saturated rings. The lowest BCUT2D eigenvalue weighted by Gasteiger charge is -2.16. The van der Waals surface area contributed by atoms with Crippen molar-refractivity contribution in [3.05, 3.63) is 23.2 Å². The van der Waals surface area contributed by atoms with Gasteiger partial charge in [0, 0.05) is 18.1 Å². The van der Waals surface area contributed by atoms with Crippen LogP contribution in [-0.4, -0.2) is 31.1 Å². The molecular formula is C12H16ClN3O. The number of hydrogen-bond donors (Lipinski definition) is 1. The van der Waals surface area contributed by atoms with Gasteiger partial charge in [-0.3, -0.25) is 0 Å². The maximum absolute atomic E-state index is 5.96. The molecule has 1 aromatic rings. The highest BCUT2D eigenvalue weighted by atomic mass is 35.5. The number of aliphatic imine (C=N–C) groups is 1. The minimum absolute atomic E-state index is 0.531. The quantitative estimate of drug-likeness (QED) is 0.650. The molecule has 0 aromatic heterocycles. The van der Waals surface area contributed by atoms with Gasteiger partial charge < -0.3 is 15.4 Å². The third-order valence-electron chi connectivity index (χ3n) is 2.81. The maximum Gasteiger partial charge on any atom is 0.196 e. The predicted molar refractivity (Wildman–Crippen MR) is 70.1 cm³/mol. The molecular weight excluding hydrogens is 238 g/mol. The Kier molecular flexibility index (Phi) is 3.74. The average molecular weight is 254 g/mol. The predicted octanol–water partition coefficient (Wildman–Crippen LogP) is 2.39. The zero-order valence-corrected chi connectivity index (χ0v) is 10.6. The zero-order chi connectivity index (χ0) is 12.3. The molecule has 17 heavy (non-hydrogen) atoms. The van der Waals surface area contributed by atoms with E-state index in [1.54, 1.807) is 25.3 Å². The molecule has 0 bridgehead atoms. The lowest BCUT2D eigenvalue weighted by atomic mass is 10.3. The summed E-state index contributed by atoms with van der Waals surface area (Å²) in [5.41, 5.74) is 6.63. The summed E-state index contributed by atoms with van der Waals surface area (Å²) in [6, 6.07) is 5.31. The Balaban J connectivity index is 2.26. The van der Waals surface area contributed by atoms with E-state index in [-0.39, 0.29) is 0 Å². The van der Waals surface area contributed by atoms with Crippen LogP contribution < -0.4 is 10.5 Å². The Labute approximate surface area is 106 Å². The molecule has 0 spiro atoms. The van der Waals surface area contributed by atoms with Gasteiger partial charge in [-0.2, -0.15) is 0 Å². The Bertz CT molecular complexity index is 428. The normalized spacial score (nSPS) is 16.4. The molecule has 2 rings (SSSR count). The number of hydrogen-bond acceptors (Lipinski definition) is 2. The summed E-state index contributed by atoms with van der Waals surface area (Å²) < 4.78 is 5.22. The van der Waals surface area contributed by atoms with Crippen molar-refractivity contribution in [2.24, 2.45) is 10.7 Å². The van der Waals surface area contributed by atoms with Gasteiger partial charge in [-0.25, -0.2) is 4.99 Å². The van der Waals surface area contributed by atoms with E-state index in [0.29, 0.717) is 22.4 Å². The molecule has 0 radical (unpaired) electrons. The number of nitrogens with two attached hydrogens (primary N) is 1. The number of ether oxygens (including phenoxy) is 1. The second-order valence-corrected chi connectivity index (χ2v) is 4.42. The second-order valence-electron chi connectivity index (χ2n) is 3.98. The first-order valence-corrected chi connectivity index (χ1v) is 6.01. The molecule has 1 aromatic carbocycles. The number of benzene rings is 1. The summed E-state index contributed by atoms with van der Waals surface area (Å²) in [7, 11) is 1.61. The van der Waals surface area contributed by atoms with Crippen molar-refractivity contribution in [2.45, 2.75) is 12.8 Å². The number of guanidine groups is 1. The molecule has 92 valence electrons. The molecule has 1 aliphatic rings. The third kappa shape index (κ3) is 2.82. The minimum Gasteiger partial charge on any atom is -0.494 e. The maximum atomic E-state index is 5.96. The van der Waals surface area contributed by atoms with Crippen molar-refractivity contribution in [1.29, 1.82) is 0 Å². The standard InChI is InChI=1S/C12H16ClN3O/c1-17-11-5-4-9(13)8-10(11)15-12(14)16-6-2-3-7-16/h4-5,8H,2-3,6-7H2,1H3,(H2,14,15). The molecule has 2 N–H and O–H groups in total. The fourth-order valence-corrected chi connectivity index (χ4v) is 2.06. The van der Waals surface area contributed by atoms with Gasteiger partial charge in [-0.05, 0) is 31.0 Å². The van der Waals surface area contributed by atoms with Gasteiger partial charge in [0.15, 0.2) is 5.96 Å². The lowest BCUT2D eigenvalue weighted by Crippen LogP contribution is -2.34. The van der Waals surface area contributed by atoms with Gasteiger partial charge in [-0.15, -0.1) is 0 Å². The average Bonchev–Trinajstić information content (AvgIpc) is 2.83. The fourth-order valence-electron chi connectivity index (χ4n) is 1.89. The van der Waals surface area contributed by atoms with Crippen molar-refractivity contribution in [1.82, 2.24) is 4.90 Å². The van der Waals surface area contributed by atoms with Gasteiger partial charge in [0.2, 0.25) is 0 Å². The molecule has 4 nitrogen and oxygen atoms in total. The number of nitrogens with zero attached hydrogens (tertiary/aromatic N) is 2. The van der Waals surface area contributed by atoms with Crippen LogP contribution in [0.1, 0.15) is 12.8 Å². The van der Waals surface area contributed by atoms with Crippen LogP contribution >= 0.6 is 11.6 Å². The van der Waals surface area contributed by atoms with Crippen LogP contribution in [0.3, 0.4) is 0 Å². The third-order valence-corrected chi connectivity index (χ3v) is 3.04. The van der Waals surface area contributed by atoms with Crippen molar-refractivity contribution in [3.8, 4) is 5.75 Å². The van der Waals surface area contributed by atoms with Crippen LogP contribution in [-0.2, 0) is 0 Å². The minimum atomic E-state index is 0.531. The highest BCUT2D eigenvalue weighted by molar-refractivity contribution is 6.30. The van der Waals surface area contributed by atoms with E-state index in [4.69, 9.17) is 22.1 Å². The molecule has 1 saturated heterocycles. The summed E-state index contributed by atoms with van der Waals surface area (Å²) in [5, 5.41) is 0.624. The first-order valence-electron chi connectivity index (χ1n) is 5.63. The highest BCUT2D eigenvalue weighted by Gasteiger charge is 2.14. The van der Waals surface area contributed by atoms with Crippen LogP contribution in [0.5, 0.6) is 5.75 Å². The molecule has 1 heterocycles. The number of methoxy groups -OCH3 is 1. The highest BCUT2D eigenvalue weighted by Crippen LogP contribution is 2.30. The Morgan fingerprint density at radius 3 is 2.76 bits per heavy atom. The Morgan fingerprint density at radius 1 is 1.41 bits per heavy atom. The van der Waals surface area contributed by atoms with E-state index < -0.39 is 0 Å². The largest absolute Gasteiger partial charge is 0.494 e. The summed E-state index contributed by atoms with van der Waals surface area (Å²) >= 11 is 5.94. The van der Waals surface area contributed by atoms with Crippen LogP contribution in [0, 0.1) is 0 Å². The lowest BCUT2D eigenvalue weighted by molar-refractivity contribution is 0.416. The van der Waals surface area contributed by atoms with E-state index in [1.807, 2.05) is 0 Å². The summed E-state index contributed by atoms with van der Waals surface area (Å²) in [6.07, 6.45) is 2.34. The molecule has 0 saturated carbocycles. The smallest absolute Gasteiger partial charge is 0.196 e. The van der Waals surface area contributed by atoms with Crippen molar-refractivity contribution in [2.75, 3.05) is 20.2 Å². The second kappa shape index (κ2) is 5.27. The Hall–Kier alpha value is -1.42. The van der Waals surface area contributed by atoms with Crippen molar-refractivity contribution < 1.29 is 4.74 Å². The van der Waals surface area contributed by atoms with Crippen LogP contribution in [0.25, 0.3) is 0 Å². The molecule has 0 unspecified atom stereocenters. The molecule has 0 aliphatic carbocycles. The zero-order valence-electron chi connectivity index (χ0n) is 9.82. The summed E-state index contributed by atoms with van der Waals surface area (Å²) in [6.45, 7) is 1.94. The number of halogens is 1. The molecule has 1 aliphatic heterocycles. The van der Waals surface area contributed by atoms with Gasteiger partial charge in [-0.1, -0.05) is 11.6 Å².